The molecule has 0 saturated carbocycles. The van der Waals surface area contributed by atoms with Crippen LogP contribution in [0, 0.1) is 5.92 Å². The fourth-order valence-corrected chi connectivity index (χ4v) is 3.84. The Morgan fingerprint density at radius 2 is 1.96 bits per heavy atom. The fraction of sp³-hybridized carbons (Fsp3) is 0.600. The van der Waals surface area contributed by atoms with E-state index in [2.05, 4.69) is 6.58 Å². The van der Waals surface area contributed by atoms with Crippen LogP contribution in [-0.4, -0.2) is 58.8 Å². The highest BCUT2D eigenvalue weighted by atomic mass is 16.7. The van der Waals surface area contributed by atoms with Crippen LogP contribution in [0.2, 0.25) is 0 Å². The zero-order chi connectivity index (χ0) is 19.9. The molecule has 3 rings (SSSR count). The van der Waals surface area contributed by atoms with Crippen molar-refractivity contribution >= 4 is 11.9 Å². The molecule has 0 aromatic carbocycles. The second-order valence-electron chi connectivity index (χ2n) is 7.67. The maximum absolute atomic E-state index is 12.7. The lowest BCUT2D eigenvalue weighted by atomic mass is 9.85. The maximum Gasteiger partial charge on any atom is 0.343 e. The SMILES string of the molecule is C=C1C(=O)OC2/C=C(\C)CC(O)/C=C(\C)CC(OC(=O)C3(CO)OC3C)C12. The molecule has 0 spiro atoms. The van der Waals surface area contributed by atoms with Gasteiger partial charge in [-0.2, -0.15) is 0 Å². The smallest absolute Gasteiger partial charge is 0.343 e. The number of ether oxygens (including phenoxy) is 3. The minimum atomic E-state index is -1.35. The molecule has 0 bridgehead atoms. The second kappa shape index (κ2) is 7.22. The van der Waals surface area contributed by atoms with E-state index in [1.54, 1.807) is 19.1 Å². The first kappa shape index (κ1) is 19.8. The number of esters is 2. The Balaban J connectivity index is 1.93. The van der Waals surface area contributed by atoms with Gasteiger partial charge in [0.25, 0.3) is 0 Å². The first-order chi connectivity index (χ1) is 12.7. The average Bonchev–Trinajstić information content (AvgIpc) is 3.16. The molecule has 27 heavy (non-hydrogen) atoms. The lowest BCUT2D eigenvalue weighted by molar-refractivity contribution is -0.160. The number of aliphatic hydroxyl groups excluding tert-OH is 2. The van der Waals surface area contributed by atoms with E-state index in [9.17, 15) is 19.8 Å². The monoisotopic (exact) mass is 378 g/mol. The summed E-state index contributed by atoms with van der Waals surface area (Å²) in [6, 6.07) is 0. The quantitative estimate of drug-likeness (QED) is 0.329. The zero-order valence-electron chi connectivity index (χ0n) is 15.8. The summed E-state index contributed by atoms with van der Waals surface area (Å²) < 4.78 is 16.4. The molecule has 7 nitrogen and oxygen atoms in total. The molecule has 148 valence electrons. The fourth-order valence-electron chi connectivity index (χ4n) is 3.84. The van der Waals surface area contributed by atoms with Gasteiger partial charge in [0.2, 0.25) is 5.60 Å². The summed E-state index contributed by atoms with van der Waals surface area (Å²) in [5.41, 5.74) is 0.586. The van der Waals surface area contributed by atoms with Gasteiger partial charge in [0, 0.05) is 12.0 Å². The Kier molecular flexibility index (Phi) is 5.29. The minimum absolute atomic E-state index is 0.249. The van der Waals surface area contributed by atoms with Crippen molar-refractivity contribution < 1.29 is 34.0 Å². The molecule has 2 fully saturated rings. The standard InChI is InChI=1S/C20H26O7/c1-10-5-14(22)6-11(2)8-16(17-12(3)18(23)25-15(17)7-10)26-19(24)20(9-21)13(4)27-20/h6-7,13-17,21-22H,3,5,8-9H2,1-2,4H3/b10-7+,11-6+. The van der Waals surface area contributed by atoms with Crippen molar-refractivity contribution in [2.45, 2.75) is 63.6 Å². The van der Waals surface area contributed by atoms with Gasteiger partial charge < -0.3 is 24.4 Å². The molecule has 0 radical (unpaired) electrons. The van der Waals surface area contributed by atoms with Crippen molar-refractivity contribution in [3.05, 3.63) is 35.5 Å². The Morgan fingerprint density at radius 3 is 2.56 bits per heavy atom. The van der Waals surface area contributed by atoms with Crippen molar-refractivity contribution in [1.82, 2.24) is 0 Å². The molecule has 2 saturated heterocycles. The van der Waals surface area contributed by atoms with Crippen molar-refractivity contribution in [2.75, 3.05) is 6.61 Å². The van der Waals surface area contributed by atoms with Crippen LogP contribution in [-0.2, 0) is 23.8 Å². The van der Waals surface area contributed by atoms with Crippen LogP contribution in [0.5, 0.6) is 0 Å². The minimum Gasteiger partial charge on any atom is -0.459 e. The molecule has 3 aliphatic rings. The van der Waals surface area contributed by atoms with Crippen molar-refractivity contribution in [3.63, 3.8) is 0 Å². The summed E-state index contributed by atoms with van der Waals surface area (Å²) in [5.74, 6) is -1.73. The number of hydrogen-bond acceptors (Lipinski definition) is 7. The number of aliphatic hydroxyl groups is 2. The third-order valence-corrected chi connectivity index (χ3v) is 5.47. The van der Waals surface area contributed by atoms with E-state index < -0.39 is 54.5 Å². The van der Waals surface area contributed by atoms with Crippen molar-refractivity contribution in [1.29, 1.82) is 0 Å². The number of rotatable bonds is 3. The molecule has 0 amide bonds. The van der Waals surface area contributed by atoms with Crippen LogP contribution in [0.3, 0.4) is 0 Å². The average molecular weight is 378 g/mol. The molecule has 6 atom stereocenters. The van der Waals surface area contributed by atoms with E-state index in [1.807, 2.05) is 13.8 Å². The third kappa shape index (κ3) is 3.72. The maximum atomic E-state index is 12.7. The molecular weight excluding hydrogens is 352 g/mol. The van der Waals surface area contributed by atoms with Crippen LogP contribution in [0.25, 0.3) is 0 Å². The second-order valence-corrected chi connectivity index (χ2v) is 7.67. The molecular formula is C20H26O7. The lowest BCUT2D eigenvalue weighted by Crippen LogP contribution is -2.40. The third-order valence-electron chi connectivity index (χ3n) is 5.47. The molecule has 2 aliphatic heterocycles. The number of fused-ring (bicyclic) bond motifs is 1. The number of hydrogen-bond donors (Lipinski definition) is 2. The van der Waals surface area contributed by atoms with E-state index in [0.29, 0.717) is 12.8 Å². The number of carbonyl (C=O) groups excluding carboxylic acids is 2. The Morgan fingerprint density at radius 1 is 1.33 bits per heavy atom. The van der Waals surface area contributed by atoms with Crippen molar-refractivity contribution in [2.24, 2.45) is 5.92 Å². The molecule has 2 heterocycles. The van der Waals surface area contributed by atoms with Gasteiger partial charge in [0.15, 0.2) is 0 Å². The van der Waals surface area contributed by atoms with E-state index in [4.69, 9.17) is 14.2 Å². The predicted octanol–water partition coefficient (Wildman–Crippen LogP) is 1.19. The highest BCUT2D eigenvalue weighted by Gasteiger charge is 2.62. The van der Waals surface area contributed by atoms with Crippen LogP contribution < -0.4 is 0 Å². The van der Waals surface area contributed by atoms with Gasteiger partial charge in [-0.05, 0) is 33.3 Å². The molecule has 0 aromatic rings. The molecule has 7 heteroatoms. The van der Waals surface area contributed by atoms with Crippen LogP contribution in [0.1, 0.15) is 33.6 Å². The Labute approximate surface area is 158 Å². The topological polar surface area (TPSA) is 106 Å². The predicted molar refractivity (Wildman–Crippen MR) is 95.5 cm³/mol. The summed E-state index contributed by atoms with van der Waals surface area (Å²) >= 11 is 0. The first-order valence-electron chi connectivity index (χ1n) is 9.10. The van der Waals surface area contributed by atoms with Gasteiger partial charge >= 0.3 is 11.9 Å². The summed E-state index contributed by atoms with van der Waals surface area (Å²) in [7, 11) is 0. The van der Waals surface area contributed by atoms with E-state index in [-0.39, 0.29) is 5.57 Å². The number of epoxide rings is 1. The highest BCUT2D eigenvalue weighted by Crippen LogP contribution is 2.40. The van der Waals surface area contributed by atoms with E-state index >= 15 is 0 Å². The van der Waals surface area contributed by atoms with E-state index in [0.717, 1.165) is 11.1 Å². The van der Waals surface area contributed by atoms with Crippen LogP contribution >= 0.6 is 0 Å². The van der Waals surface area contributed by atoms with Gasteiger partial charge in [-0.15, -0.1) is 0 Å². The lowest BCUT2D eigenvalue weighted by Gasteiger charge is -2.28. The van der Waals surface area contributed by atoms with Gasteiger partial charge in [-0.25, -0.2) is 9.59 Å². The van der Waals surface area contributed by atoms with Gasteiger partial charge in [0.1, 0.15) is 12.2 Å². The number of carbonyl (C=O) groups is 2. The molecule has 6 unspecified atom stereocenters. The summed E-state index contributed by atoms with van der Waals surface area (Å²) in [6.07, 6.45) is 1.76. The van der Waals surface area contributed by atoms with Gasteiger partial charge in [-0.1, -0.05) is 23.8 Å². The largest absolute Gasteiger partial charge is 0.459 e. The molecule has 1 aliphatic carbocycles. The van der Waals surface area contributed by atoms with E-state index in [1.165, 1.54) is 0 Å². The van der Waals surface area contributed by atoms with Gasteiger partial charge in [-0.3, -0.25) is 0 Å². The molecule has 2 N–H and O–H groups in total. The Bertz CT molecular complexity index is 718. The zero-order valence-corrected chi connectivity index (χ0v) is 15.8. The summed E-state index contributed by atoms with van der Waals surface area (Å²) in [5, 5.41) is 19.7. The summed E-state index contributed by atoms with van der Waals surface area (Å²) in [4.78, 5) is 24.8. The van der Waals surface area contributed by atoms with Crippen molar-refractivity contribution in [3.8, 4) is 0 Å². The van der Waals surface area contributed by atoms with Gasteiger partial charge in [0.05, 0.1) is 24.7 Å². The van der Waals surface area contributed by atoms with Crippen LogP contribution in [0.4, 0.5) is 0 Å². The molecule has 0 aromatic heterocycles. The first-order valence-corrected chi connectivity index (χ1v) is 9.10. The Hall–Kier alpha value is -1.96. The summed E-state index contributed by atoms with van der Waals surface area (Å²) in [6.45, 7) is 8.72. The highest BCUT2D eigenvalue weighted by molar-refractivity contribution is 5.91. The normalized spacial score (nSPS) is 42.9. The van der Waals surface area contributed by atoms with Crippen LogP contribution in [0.15, 0.2) is 35.5 Å².